The minimum atomic E-state index is -0.721. The number of hydrogen-bond donors (Lipinski definition) is 1. The first-order valence-electron chi connectivity index (χ1n) is 8.62. The van der Waals surface area contributed by atoms with Crippen LogP contribution in [0.4, 0.5) is 14.5 Å². The lowest BCUT2D eigenvalue weighted by atomic mass is 10.0. The molecule has 0 spiro atoms. The van der Waals surface area contributed by atoms with Crippen molar-refractivity contribution in [2.24, 2.45) is 0 Å². The van der Waals surface area contributed by atoms with Gasteiger partial charge in [0.2, 0.25) is 0 Å². The van der Waals surface area contributed by atoms with Crippen molar-refractivity contribution in [1.82, 2.24) is 4.90 Å². The molecule has 27 heavy (non-hydrogen) atoms. The van der Waals surface area contributed by atoms with Gasteiger partial charge in [0.15, 0.2) is 0 Å². The fourth-order valence-electron chi connectivity index (χ4n) is 2.88. The fourth-order valence-corrected chi connectivity index (χ4v) is 2.88. The number of anilines is 1. The molecule has 0 saturated heterocycles. The molecular formula is C21H20F2N2O2. The van der Waals surface area contributed by atoms with E-state index in [1.807, 2.05) is 32.0 Å². The van der Waals surface area contributed by atoms with Crippen LogP contribution in [0.5, 0.6) is 0 Å². The van der Waals surface area contributed by atoms with Gasteiger partial charge in [-0.25, -0.2) is 8.78 Å². The molecule has 0 saturated carbocycles. The standard InChI is InChI=1S/C21H20F2N2O2/c1-12-4-5-15(8-13(12)2)6-7-25-20(26)11-19(21(25)27)24-16-9-17(22)14(3)18(23)10-16/h4-5,8-11,24H,6-7H2,1-3H3. The number of carbonyl (C=O) groups excluding carboxylic acids is 2. The molecule has 0 aromatic heterocycles. The topological polar surface area (TPSA) is 49.4 Å². The Balaban J connectivity index is 1.68. The minimum absolute atomic E-state index is 0.00254. The van der Waals surface area contributed by atoms with Gasteiger partial charge in [-0.1, -0.05) is 18.2 Å². The SMILES string of the molecule is Cc1ccc(CCN2C(=O)C=C(Nc3cc(F)c(C)c(F)c3)C2=O)cc1C. The van der Waals surface area contributed by atoms with Crippen LogP contribution in [-0.2, 0) is 16.0 Å². The van der Waals surface area contributed by atoms with Crippen molar-refractivity contribution in [3.05, 3.63) is 76.0 Å². The van der Waals surface area contributed by atoms with Crippen molar-refractivity contribution in [3.8, 4) is 0 Å². The molecule has 0 bridgehead atoms. The maximum Gasteiger partial charge on any atom is 0.277 e. The van der Waals surface area contributed by atoms with Crippen LogP contribution in [0.3, 0.4) is 0 Å². The van der Waals surface area contributed by atoms with E-state index in [0.29, 0.717) is 6.42 Å². The second-order valence-corrected chi connectivity index (χ2v) is 6.71. The molecule has 2 aromatic rings. The average molecular weight is 370 g/mol. The molecule has 140 valence electrons. The highest BCUT2D eigenvalue weighted by Gasteiger charge is 2.31. The first-order chi connectivity index (χ1) is 12.8. The van der Waals surface area contributed by atoms with Gasteiger partial charge in [-0.05, 0) is 56.0 Å². The van der Waals surface area contributed by atoms with E-state index in [2.05, 4.69) is 5.32 Å². The summed E-state index contributed by atoms with van der Waals surface area (Å²) in [5, 5.41) is 2.64. The van der Waals surface area contributed by atoms with E-state index in [4.69, 9.17) is 0 Å². The van der Waals surface area contributed by atoms with Crippen LogP contribution in [0.1, 0.15) is 22.3 Å². The van der Waals surface area contributed by atoms with Gasteiger partial charge in [-0.15, -0.1) is 0 Å². The van der Waals surface area contributed by atoms with Crippen LogP contribution in [-0.4, -0.2) is 23.3 Å². The fraction of sp³-hybridized carbons (Fsp3) is 0.238. The number of nitrogens with zero attached hydrogens (tertiary/aromatic N) is 1. The monoisotopic (exact) mass is 370 g/mol. The van der Waals surface area contributed by atoms with Crippen LogP contribution in [0.25, 0.3) is 0 Å². The first kappa shape index (κ1) is 18.8. The van der Waals surface area contributed by atoms with Gasteiger partial charge >= 0.3 is 0 Å². The van der Waals surface area contributed by atoms with Gasteiger partial charge in [-0.3, -0.25) is 14.5 Å². The third kappa shape index (κ3) is 3.89. The number of carbonyl (C=O) groups is 2. The van der Waals surface area contributed by atoms with Crippen LogP contribution >= 0.6 is 0 Å². The van der Waals surface area contributed by atoms with Gasteiger partial charge in [0.05, 0.1) is 0 Å². The van der Waals surface area contributed by atoms with Crippen LogP contribution in [0.2, 0.25) is 0 Å². The van der Waals surface area contributed by atoms with Gasteiger partial charge in [0.25, 0.3) is 11.8 Å². The zero-order valence-corrected chi connectivity index (χ0v) is 15.4. The summed E-state index contributed by atoms with van der Waals surface area (Å²) in [6.07, 6.45) is 1.69. The lowest BCUT2D eigenvalue weighted by Crippen LogP contribution is -2.34. The lowest BCUT2D eigenvalue weighted by molar-refractivity contribution is -0.137. The van der Waals surface area contributed by atoms with Crippen molar-refractivity contribution in [1.29, 1.82) is 0 Å². The smallest absolute Gasteiger partial charge is 0.277 e. The highest BCUT2D eigenvalue weighted by atomic mass is 19.1. The maximum absolute atomic E-state index is 13.7. The molecule has 4 nitrogen and oxygen atoms in total. The average Bonchev–Trinajstić information content (AvgIpc) is 2.87. The molecule has 1 aliphatic heterocycles. The van der Waals surface area contributed by atoms with Gasteiger partial charge in [0.1, 0.15) is 17.3 Å². The minimum Gasteiger partial charge on any atom is -0.351 e. The predicted molar refractivity (Wildman–Crippen MR) is 99.1 cm³/mol. The van der Waals surface area contributed by atoms with E-state index in [9.17, 15) is 18.4 Å². The molecule has 6 heteroatoms. The van der Waals surface area contributed by atoms with Gasteiger partial charge < -0.3 is 5.32 Å². The van der Waals surface area contributed by atoms with Crippen molar-refractivity contribution >= 4 is 17.5 Å². The third-order valence-corrected chi connectivity index (χ3v) is 4.76. The molecular weight excluding hydrogens is 350 g/mol. The molecule has 0 radical (unpaired) electrons. The number of rotatable bonds is 5. The Morgan fingerprint density at radius 3 is 2.26 bits per heavy atom. The number of amides is 2. The van der Waals surface area contributed by atoms with Crippen molar-refractivity contribution < 1.29 is 18.4 Å². The molecule has 3 rings (SSSR count). The highest BCUT2D eigenvalue weighted by molar-refractivity contribution is 6.17. The molecule has 0 fully saturated rings. The maximum atomic E-state index is 13.7. The summed E-state index contributed by atoms with van der Waals surface area (Å²) in [7, 11) is 0. The largest absolute Gasteiger partial charge is 0.351 e. The normalized spacial score (nSPS) is 14.0. The molecule has 0 aliphatic carbocycles. The van der Waals surface area contributed by atoms with Crippen molar-refractivity contribution in [2.75, 3.05) is 11.9 Å². The molecule has 2 amide bonds. The summed E-state index contributed by atoms with van der Waals surface area (Å²) in [6.45, 7) is 5.59. The number of halogens is 2. The molecule has 1 heterocycles. The summed E-state index contributed by atoms with van der Waals surface area (Å²) in [4.78, 5) is 25.8. The molecule has 0 unspecified atom stereocenters. The Morgan fingerprint density at radius 1 is 0.963 bits per heavy atom. The lowest BCUT2D eigenvalue weighted by Gasteiger charge is -2.16. The molecule has 2 aromatic carbocycles. The summed E-state index contributed by atoms with van der Waals surface area (Å²) in [5.41, 5.74) is 3.34. The van der Waals surface area contributed by atoms with Crippen molar-refractivity contribution in [3.63, 3.8) is 0 Å². The first-order valence-corrected chi connectivity index (χ1v) is 8.62. The summed E-state index contributed by atoms with van der Waals surface area (Å²) in [6, 6.07) is 8.19. The zero-order valence-electron chi connectivity index (χ0n) is 15.4. The molecule has 0 atom stereocenters. The van der Waals surface area contributed by atoms with Crippen LogP contribution in [0.15, 0.2) is 42.1 Å². The van der Waals surface area contributed by atoms with E-state index in [1.54, 1.807) is 0 Å². The Kier molecular flexibility index (Phi) is 5.08. The highest BCUT2D eigenvalue weighted by Crippen LogP contribution is 2.22. The van der Waals surface area contributed by atoms with E-state index < -0.39 is 23.4 Å². The number of nitrogens with one attached hydrogen (secondary N) is 1. The predicted octanol–water partition coefficient (Wildman–Crippen LogP) is 3.80. The van der Waals surface area contributed by atoms with Crippen LogP contribution in [0, 0.1) is 32.4 Å². The Morgan fingerprint density at radius 2 is 1.63 bits per heavy atom. The van der Waals surface area contributed by atoms with E-state index in [0.717, 1.165) is 34.2 Å². The molecule has 1 N–H and O–H groups in total. The summed E-state index contributed by atoms with van der Waals surface area (Å²) >= 11 is 0. The Bertz CT molecular complexity index is 944. The number of hydrogen-bond acceptors (Lipinski definition) is 3. The summed E-state index contributed by atoms with van der Waals surface area (Å²) in [5.74, 6) is -2.40. The number of aryl methyl sites for hydroxylation is 2. The second-order valence-electron chi connectivity index (χ2n) is 6.71. The summed E-state index contributed by atoms with van der Waals surface area (Å²) < 4.78 is 27.3. The second kappa shape index (κ2) is 7.31. The molecule has 1 aliphatic rings. The third-order valence-electron chi connectivity index (χ3n) is 4.76. The Labute approximate surface area is 156 Å². The van der Waals surface area contributed by atoms with E-state index >= 15 is 0 Å². The number of imide groups is 1. The Hall–Kier alpha value is -3.02. The quantitative estimate of drug-likeness (QED) is 0.815. The van der Waals surface area contributed by atoms with E-state index in [1.165, 1.54) is 12.5 Å². The van der Waals surface area contributed by atoms with Gasteiger partial charge in [-0.2, -0.15) is 0 Å². The van der Waals surface area contributed by atoms with Crippen molar-refractivity contribution in [2.45, 2.75) is 27.2 Å². The van der Waals surface area contributed by atoms with Crippen LogP contribution < -0.4 is 5.32 Å². The zero-order chi connectivity index (χ0) is 19.7. The number of benzene rings is 2. The van der Waals surface area contributed by atoms with Gasteiger partial charge in [0, 0.05) is 23.9 Å². The van der Waals surface area contributed by atoms with E-state index in [-0.39, 0.29) is 23.5 Å².